The number of anilines is 1. The maximum absolute atomic E-state index is 11.8. The van der Waals surface area contributed by atoms with Crippen molar-refractivity contribution in [3.8, 4) is 23.1 Å². The number of ether oxygens (including phenoxy) is 1. The van der Waals surface area contributed by atoms with Crippen molar-refractivity contribution < 1.29 is 9.53 Å². The summed E-state index contributed by atoms with van der Waals surface area (Å²) in [6.45, 7) is 2.03. The number of nitrogens with one attached hydrogen (secondary N) is 1. The lowest BCUT2D eigenvalue weighted by Gasteiger charge is -2.12. The molecule has 7 nitrogen and oxygen atoms in total. The minimum absolute atomic E-state index is 0.180. The van der Waals surface area contributed by atoms with Gasteiger partial charge in [-0.3, -0.25) is 0 Å². The molecule has 3 aromatic rings. The summed E-state index contributed by atoms with van der Waals surface area (Å²) in [5.74, 6) is 0.699. The summed E-state index contributed by atoms with van der Waals surface area (Å²) < 4.78 is 6.95. The largest absolute Gasteiger partial charge is 0.466 e. The molecule has 0 aliphatic heterocycles. The van der Waals surface area contributed by atoms with Crippen molar-refractivity contribution in [2.75, 3.05) is 26.5 Å². The predicted octanol–water partition coefficient (Wildman–Crippen LogP) is 3.34. The summed E-state index contributed by atoms with van der Waals surface area (Å²) in [6.07, 6.45) is 0. The van der Waals surface area contributed by atoms with E-state index >= 15 is 0 Å². The number of hydrogen-bond acceptors (Lipinski definition) is 4. The van der Waals surface area contributed by atoms with Crippen molar-refractivity contribution in [3.05, 3.63) is 54.1 Å². The van der Waals surface area contributed by atoms with Crippen molar-refractivity contribution in [1.82, 2.24) is 19.7 Å². The van der Waals surface area contributed by atoms with E-state index in [1.807, 2.05) is 55.5 Å². The Morgan fingerprint density at radius 2 is 1.81 bits per heavy atom. The molecule has 1 aromatic heterocycles. The first-order valence-electron chi connectivity index (χ1n) is 8.15. The van der Waals surface area contributed by atoms with Crippen LogP contribution < -0.4 is 10.1 Å². The van der Waals surface area contributed by atoms with Gasteiger partial charge in [0.2, 0.25) is 0 Å². The van der Waals surface area contributed by atoms with E-state index in [-0.39, 0.29) is 6.03 Å². The van der Waals surface area contributed by atoms with Gasteiger partial charge in [0, 0.05) is 25.3 Å². The SMILES string of the molecule is COc1nc(-c2ccccc2C)n(-c2ccc(NC(=O)N(C)C)cc2)n1. The van der Waals surface area contributed by atoms with Crippen LogP contribution in [-0.2, 0) is 0 Å². The smallest absolute Gasteiger partial charge is 0.336 e. The van der Waals surface area contributed by atoms with Crippen LogP contribution in [0.4, 0.5) is 10.5 Å². The van der Waals surface area contributed by atoms with Crippen LogP contribution in [0, 0.1) is 6.92 Å². The van der Waals surface area contributed by atoms with Gasteiger partial charge in [0.25, 0.3) is 0 Å². The molecule has 7 heteroatoms. The number of rotatable bonds is 4. The van der Waals surface area contributed by atoms with Crippen LogP contribution in [0.2, 0.25) is 0 Å². The highest BCUT2D eigenvalue weighted by Gasteiger charge is 2.15. The number of benzene rings is 2. The molecule has 0 saturated heterocycles. The number of carbonyl (C=O) groups excluding carboxylic acids is 1. The molecule has 3 rings (SSSR count). The molecule has 1 N–H and O–H groups in total. The third kappa shape index (κ3) is 3.51. The quantitative estimate of drug-likeness (QED) is 0.782. The van der Waals surface area contributed by atoms with Gasteiger partial charge in [0.1, 0.15) is 0 Å². The van der Waals surface area contributed by atoms with Crippen molar-refractivity contribution in [1.29, 1.82) is 0 Å². The predicted molar refractivity (Wildman–Crippen MR) is 101 cm³/mol. The third-order valence-electron chi connectivity index (χ3n) is 3.93. The Morgan fingerprint density at radius 1 is 1.12 bits per heavy atom. The Morgan fingerprint density at radius 3 is 2.42 bits per heavy atom. The van der Waals surface area contributed by atoms with E-state index in [9.17, 15) is 4.79 Å². The zero-order valence-corrected chi connectivity index (χ0v) is 15.2. The van der Waals surface area contributed by atoms with Gasteiger partial charge in [-0.1, -0.05) is 24.3 Å². The van der Waals surface area contributed by atoms with Gasteiger partial charge in [-0.25, -0.2) is 9.48 Å². The maximum Gasteiger partial charge on any atom is 0.336 e. The fourth-order valence-corrected chi connectivity index (χ4v) is 2.48. The first-order chi connectivity index (χ1) is 12.5. The van der Waals surface area contributed by atoms with E-state index in [1.165, 1.54) is 4.90 Å². The molecule has 0 fully saturated rings. The number of methoxy groups -OCH3 is 1. The number of amides is 2. The van der Waals surface area contributed by atoms with E-state index in [4.69, 9.17) is 4.74 Å². The van der Waals surface area contributed by atoms with Gasteiger partial charge in [-0.15, -0.1) is 5.10 Å². The first-order valence-corrected chi connectivity index (χ1v) is 8.15. The molecule has 0 aliphatic carbocycles. The van der Waals surface area contributed by atoms with Crippen LogP contribution in [0.5, 0.6) is 6.01 Å². The van der Waals surface area contributed by atoms with Gasteiger partial charge in [0.05, 0.1) is 12.8 Å². The van der Waals surface area contributed by atoms with Crippen molar-refractivity contribution in [2.45, 2.75) is 6.92 Å². The molecule has 0 saturated carbocycles. The van der Waals surface area contributed by atoms with Crippen molar-refractivity contribution in [3.63, 3.8) is 0 Å². The molecule has 0 bridgehead atoms. The molecule has 0 radical (unpaired) electrons. The lowest BCUT2D eigenvalue weighted by atomic mass is 10.1. The van der Waals surface area contributed by atoms with E-state index in [0.29, 0.717) is 17.5 Å². The van der Waals surface area contributed by atoms with Crippen molar-refractivity contribution >= 4 is 11.7 Å². The molecule has 2 amide bonds. The molecule has 0 atom stereocenters. The van der Waals surface area contributed by atoms with Gasteiger partial charge in [-0.05, 0) is 36.8 Å². The summed E-state index contributed by atoms with van der Waals surface area (Å²) in [6, 6.07) is 15.5. The highest BCUT2D eigenvalue weighted by molar-refractivity contribution is 5.89. The molecule has 0 spiro atoms. The van der Waals surface area contributed by atoms with Crippen LogP contribution in [0.1, 0.15) is 5.56 Å². The summed E-state index contributed by atoms with van der Waals surface area (Å²) in [4.78, 5) is 17.7. The van der Waals surface area contributed by atoms with E-state index < -0.39 is 0 Å². The zero-order chi connectivity index (χ0) is 18.7. The summed E-state index contributed by atoms with van der Waals surface area (Å²) >= 11 is 0. The Bertz CT molecular complexity index is 916. The first kappa shape index (κ1) is 17.5. The fraction of sp³-hybridized carbons (Fsp3) is 0.211. The average Bonchev–Trinajstić information content (AvgIpc) is 3.07. The lowest BCUT2D eigenvalue weighted by Crippen LogP contribution is -2.27. The number of nitrogens with zero attached hydrogens (tertiary/aromatic N) is 4. The van der Waals surface area contributed by atoms with Crippen LogP contribution in [-0.4, -0.2) is 46.9 Å². The highest BCUT2D eigenvalue weighted by atomic mass is 16.5. The van der Waals surface area contributed by atoms with E-state index in [0.717, 1.165) is 16.8 Å². The average molecular weight is 351 g/mol. The number of hydrogen-bond donors (Lipinski definition) is 1. The Balaban J connectivity index is 1.98. The van der Waals surface area contributed by atoms with Crippen LogP contribution in [0.3, 0.4) is 0 Å². The Hall–Kier alpha value is -3.35. The van der Waals surface area contributed by atoms with E-state index in [2.05, 4.69) is 15.4 Å². The zero-order valence-electron chi connectivity index (χ0n) is 15.2. The van der Waals surface area contributed by atoms with Crippen LogP contribution >= 0.6 is 0 Å². The monoisotopic (exact) mass is 351 g/mol. The Kier molecular flexibility index (Phi) is 4.88. The van der Waals surface area contributed by atoms with Gasteiger partial charge in [-0.2, -0.15) is 4.98 Å². The lowest BCUT2D eigenvalue weighted by molar-refractivity contribution is 0.230. The second kappa shape index (κ2) is 7.26. The number of aryl methyl sites for hydroxylation is 1. The van der Waals surface area contributed by atoms with E-state index in [1.54, 1.807) is 25.9 Å². The third-order valence-corrected chi connectivity index (χ3v) is 3.93. The standard InChI is InChI=1S/C19H21N5O2/c1-13-7-5-6-8-16(13)17-21-18(26-4)22-24(17)15-11-9-14(10-12-15)20-19(25)23(2)3/h5-12H,1-4H3,(H,20,25). The fourth-order valence-electron chi connectivity index (χ4n) is 2.48. The molecule has 1 heterocycles. The summed E-state index contributed by atoms with van der Waals surface area (Å²) in [7, 11) is 4.93. The molecule has 2 aromatic carbocycles. The molecule has 0 aliphatic rings. The van der Waals surface area contributed by atoms with Gasteiger partial charge < -0.3 is 15.0 Å². The normalized spacial score (nSPS) is 10.5. The van der Waals surface area contributed by atoms with Crippen molar-refractivity contribution in [2.24, 2.45) is 0 Å². The minimum atomic E-state index is -0.180. The number of carbonyl (C=O) groups is 1. The maximum atomic E-state index is 11.8. The summed E-state index contributed by atoms with van der Waals surface area (Å²) in [5.41, 5.74) is 3.60. The highest BCUT2D eigenvalue weighted by Crippen LogP contribution is 2.26. The number of urea groups is 1. The molecular weight excluding hydrogens is 330 g/mol. The van der Waals surface area contributed by atoms with Gasteiger partial charge >= 0.3 is 12.0 Å². The molecule has 134 valence electrons. The topological polar surface area (TPSA) is 72.3 Å². The van der Waals surface area contributed by atoms with Crippen LogP contribution in [0.25, 0.3) is 17.1 Å². The second-order valence-corrected chi connectivity index (χ2v) is 6.02. The molecular formula is C19H21N5O2. The minimum Gasteiger partial charge on any atom is -0.466 e. The molecule has 26 heavy (non-hydrogen) atoms. The number of aromatic nitrogens is 3. The van der Waals surface area contributed by atoms with Gasteiger partial charge in [0.15, 0.2) is 5.82 Å². The summed E-state index contributed by atoms with van der Waals surface area (Å²) in [5, 5.41) is 7.23. The van der Waals surface area contributed by atoms with Crippen LogP contribution in [0.15, 0.2) is 48.5 Å². The second-order valence-electron chi connectivity index (χ2n) is 6.02. The Labute approximate surface area is 152 Å². The molecule has 0 unspecified atom stereocenters.